The molecule has 0 spiro atoms. The van der Waals surface area contributed by atoms with E-state index >= 15 is 0 Å². The van der Waals surface area contributed by atoms with Crippen molar-refractivity contribution in [2.75, 3.05) is 5.32 Å². The Labute approximate surface area is 114 Å². The second kappa shape index (κ2) is 7.07. The molecule has 1 amide bonds. The van der Waals surface area contributed by atoms with E-state index in [9.17, 15) is 9.59 Å². The fraction of sp³-hybridized carbons (Fsp3) is 0.500. The zero-order valence-electron chi connectivity index (χ0n) is 11.2. The average Bonchev–Trinajstić information content (AvgIpc) is 2.46. The Morgan fingerprint density at radius 3 is 2.79 bits per heavy atom. The Morgan fingerprint density at radius 2 is 2.05 bits per heavy atom. The molecule has 1 aromatic rings. The first-order chi connectivity index (χ1) is 9.28. The summed E-state index contributed by atoms with van der Waals surface area (Å²) in [7, 11) is 0. The van der Waals surface area contributed by atoms with Crippen LogP contribution >= 0.6 is 0 Å². The average molecular weight is 259 g/mol. The highest BCUT2D eigenvalue weighted by atomic mass is 16.1. The van der Waals surface area contributed by atoms with Gasteiger partial charge in [0.15, 0.2) is 0 Å². The lowest BCUT2D eigenvalue weighted by Crippen LogP contribution is -2.14. The number of amides is 1. The first-order valence-corrected chi connectivity index (χ1v) is 7.13. The van der Waals surface area contributed by atoms with Gasteiger partial charge in [0.25, 0.3) is 0 Å². The van der Waals surface area contributed by atoms with Crippen LogP contribution in [0.25, 0.3) is 0 Å². The molecule has 3 nitrogen and oxygen atoms in total. The number of nitrogens with one attached hydrogen (secondary N) is 1. The minimum absolute atomic E-state index is 0.0497. The molecular formula is C16H21NO2. The van der Waals surface area contributed by atoms with Gasteiger partial charge < -0.3 is 5.32 Å². The van der Waals surface area contributed by atoms with Gasteiger partial charge in [-0.2, -0.15) is 0 Å². The molecular weight excluding hydrogens is 238 g/mol. The Kier molecular flexibility index (Phi) is 5.13. The van der Waals surface area contributed by atoms with E-state index in [-0.39, 0.29) is 5.91 Å². The predicted molar refractivity (Wildman–Crippen MR) is 76.3 cm³/mol. The summed E-state index contributed by atoms with van der Waals surface area (Å²) in [6.45, 7) is 0. The molecule has 0 bridgehead atoms. The van der Waals surface area contributed by atoms with Gasteiger partial charge >= 0.3 is 0 Å². The SMILES string of the molecule is O=Cc1cccc(NC(=O)CCC2CCCCC2)c1. The summed E-state index contributed by atoms with van der Waals surface area (Å²) in [5.41, 5.74) is 1.29. The number of anilines is 1. The van der Waals surface area contributed by atoms with Crippen LogP contribution in [0.15, 0.2) is 24.3 Å². The van der Waals surface area contributed by atoms with Crippen LogP contribution in [0.5, 0.6) is 0 Å². The lowest BCUT2D eigenvalue weighted by molar-refractivity contribution is -0.116. The van der Waals surface area contributed by atoms with Gasteiger partial charge in [0.05, 0.1) is 0 Å². The Morgan fingerprint density at radius 1 is 1.26 bits per heavy atom. The van der Waals surface area contributed by atoms with E-state index < -0.39 is 0 Å². The zero-order valence-corrected chi connectivity index (χ0v) is 11.2. The molecule has 0 unspecified atom stereocenters. The summed E-state index contributed by atoms with van der Waals surface area (Å²) in [6.07, 6.45) is 8.87. The molecule has 2 rings (SSSR count). The van der Waals surface area contributed by atoms with E-state index in [1.54, 1.807) is 18.2 Å². The lowest BCUT2D eigenvalue weighted by Gasteiger charge is -2.21. The van der Waals surface area contributed by atoms with Crippen LogP contribution in [0, 0.1) is 5.92 Å². The maximum absolute atomic E-state index is 11.9. The molecule has 1 aliphatic carbocycles. The topological polar surface area (TPSA) is 46.2 Å². The first-order valence-electron chi connectivity index (χ1n) is 7.13. The predicted octanol–water partition coefficient (Wildman–Crippen LogP) is 3.80. The molecule has 0 atom stereocenters. The van der Waals surface area contributed by atoms with Crippen LogP contribution in [-0.4, -0.2) is 12.2 Å². The second-order valence-electron chi connectivity index (χ2n) is 5.33. The van der Waals surface area contributed by atoms with E-state index in [1.807, 2.05) is 6.07 Å². The third-order valence-electron chi connectivity index (χ3n) is 3.81. The molecule has 0 aromatic heterocycles. The van der Waals surface area contributed by atoms with Gasteiger partial charge in [0.2, 0.25) is 5.91 Å². The number of carbonyl (C=O) groups is 2. The number of benzene rings is 1. The Hall–Kier alpha value is -1.64. The maximum atomic E-state index is 11.9. The summed E-state index contributed by atoms with van der Waals surface area (Å²) >= 11 is 0. The van der Waals surface area contributed by atoms with Crippen LogP contribution in [0.2, 0.25) is 0 Å². The van der Waals surface area contributed by atoms with Gasteiger partial charge in [0, 0.05) is 17.7 Å². The van der Waals surface area contributed by atoms with Crippen molar-refractivity contribution in [1.29, 1.82) is 0 Å². The van der Waals surface area contributed by atoms with Gasteiger partial charge in [0.1, 0.15) is 6.29 Å². The zero-order chi connectivity index (χ0) is 13.5. The molecule has 1 aliphatic rings. The number of rotatable bonds is 5. The van der Waals surface area contributed by atoms with Crippen molar-refractivity contribution in [2.24, 2.45) is 5.92 Å². The Bertz CT molecular complexity index is 436. The normalized spacial score (nSPS) is 16.0. The largest absolute Gasteiger partial charge is 0.326 e. The monoisotopic (exact) mass is 259 g/mol. The van der Waals surface area contributed by atoms with Crippen molar-refractivity contribution < 1.29 is 9.59 Å². The molecule has 19 heavy (non-hydrogen) atoms. The fourth-order valence-electron chi connectivity index (χ4n) is 2.72. The number of aldehydes is 1. The maximum Gasteiger partial charge on any atom is 0.224 e. The summed E-state index contributed by atoms with van der Waals surface area (Å²) in [5.74, 6) is 0.773. The van der Waals surface area contributed by atoms with Crippen LogP contribution in [0.3, 0.4) is 0 Å². The Balaban J connectivity index is 1.78. The first kappa shape index (κ1) is 13.8. The highest BCUT2D eigenvalue weighted by Crippen LogP contribution is 2.27. The smallest absolute Gasteiger partial charge is 0.224 e. The van der Waals surface area contributed by atoms with Crippen molar-refractivity contribution in [3.05, 3.63) is 29.8 Å². The minimum atomic E-state index is 0.0497. The highest BCUT2D eigenvalue weighted by molar-refractivity contribution is 5.91. The molecule has 1 saturated carbocycles. The van der Waals surface area contributed by atoms with Crippen molar-refractivity contribution in [1.82, 2.24) is 0 Å². The van der Waals surface area contributed by atoms with Gasteiger partial charge in [-0.3, -0.25) is 9.59 Å². The van der Waals surface area contributed by atoms with Crippen molar-refractivity contribution in [3.8, 4) is 0 Å². The van der Waals surface area contributed by atoms with E-state index in [4.69, 9.17) is 0 Å². The third kappa shape index (κ3) is 4.51. The number of hydrogen-bond donors (Lipinski definition) is 1. The van der Waals surface area contributed by atoms with Crippen LogP contribution in [0.1, 0.15) is 55.3 Å². The minimum Gasteiger partial charge on any atom is -0.326 e. The second-order valence-corrected chi connectivity index (χ2v) is 5.33. The molecule has 0 heterocycles. The van der Waals surface area contributed by atoms with E-state index in [0.29, 0.717) is 17.7 Å². The van der Waals surface area contributed by atoms with Gasteiger partial charge in [-0.25, -0.2) is 0 Å². The quantitative estimate of drug-likeness (QED) is 0.817. The summed E-state index contributed by atoms with van der Waals surface area (Å²) in [5, 5.41) is 2.86. The summed E-state index contributed by atoms with van der Waals surface area (Å²) in [4.78, 5) is 22.5. The molecule has 0 radical (unpaired) electrons. The number of hydrogen-bond acceptors (Lipinski definition) is 2. The standard InChI is InChI=1S/C16H21NO2/c18-12-14-7-4-8-15(11-14)17-16(19)10-9-13-5-2-1-3-6-13/h4,7-8,11-13H,1-3,5-6,9-10H2,(H,17,19). The van der Waals surface area contributed by atoms with Crippen LogP contribution in [-0.2, 0) is 4.79 Å². The van der Waals surface area contributed by atoms with E-state index in [0.717, 1.165) is 18.6 Å². The van der Waals surface area contributed by atoms with E-state index in [2.05, 4.69) is 5.32 Å². The van der Waals surface area contributed by atoms with Crippen molar-refractivity contribution in [2.45, 2.75) is 44.9 Å². The van der Waals surface area contributed by atoms with Gasteiger partial charge in [-0.1, -0.05) is 44.2 Å². The lowest BCUT2D eigenvalue weighted by atomic mass is 9.86. The summed E-state index contributed by atoms with van der Waals surface area (Å²) in [6, 6.07) is 7.02. The molecule has 102 valence electrons. The molecule has 1 fully saturated rings. The third-order valence-corrected chi connectivity index (χ3v) is 3.81. The van der Waals surface area contributed by atoms with Crippen molar-refractivity contribution in [3.63, 3.8) is 0 Å². The van der Waals surface area contributed by atoms with Crippen LogP contribution in [0.4, 0.5) is 5.69 Å². The number of carbonyl (C=O) groups excluding carboxylic acids is 2. The molecule has 0 aliphatic heterocycles. The molecule has 0 saturated heterocycles. The van der Waals surface area contributed by atoms with Gasteiger partial charge in [-0.15, -0.1) is 0 Å². The van der Waals surface area contributed by atoms with Crippen LogP contribution < -0.4 is 5.32 Å². The van der Waals surface area contributed by atoms with E-state index in [1.165, 1.54) is 32.1 Å². The molecule has 1 aromatic carbocycles. The fourth-order valence-corrected chi connectivity index (χ4v) is 2.72. The highest BCUT2D eigenvalue weighted by Gasteiger charge is 2.14. The van der Waals surface area contributed by atoms with Gasteiger partial charge in [-0.05, 0) is 24.5 Å². The van der Waals surface area contributed by atoms with Crippen molar-refractivity contribution >= 4 is 17.9 Å². The summed E-state index contributed by atoms with van der Waals surface area (Å²) < 4.78 is 0. The molecule has 3 heteroatoms. The molecule has 1 N–H and O–H groups in total.